The van der Waals surface area contributed by atoms with E-state index in [1.807, 2.05) is 0 Å². The van der Waals surface area contributed by atoms with Crippen molar-refractivity contribution in [3.8, 4) is 0 Å². The summed E-state index contributed by atoms with van der Waals surface area (Å²) in [5.74, 6) is -0.502. The molecule has 0 fully saturated rings. The maximum absolute atomic E-state index is 12.3. The Kier molecular flexibility index (Phi) is 5.69. The van der Waals surface area contributed by atoms with Crippen molar-refractivity contribution in [2.24, 2.45) is 5.14 Å². The molecule has 0 atom stereocenters. The number of sulfonamides is 1. The number of amides is 1. The molecule has 0 aliphatic carbocycles. The van der Waals surface area contributed by atoms with Crippen molar-refractivity contribution in [1.82, 2.24) is 4.90 Å². The lowest BCUT2D eigenvalue weighted by Crippen LogP contribution is -2.31. The van der Waals surface area contributed by atoms with E-state index in [2.05, 4.69) is 0 Å². The van der Waals surface area contributed by atoms with Gasteiger partial charge in [0.05, 0.1) is 20.6 Å². The highest BCUT2D eigenvalue weighted by molar-refractivity contribution is 7.89. The maximum atomic E-state index is 12.3. The molecule has 0 aromatic heterocycles. The van der Waals surface area contributed by atoms with Crippen LogP contribution in [0.5, 0.6) is 0 Å². The maximum Gasteiger partial charge on any atom is 0.256 e. The fourth-order valence-corrected chi connectivity index (χ4v) is 3.38. The number of benzene rings is 1. The van der Waals surface area contributed by atoms with Crippen LogP contribution < -0.4 is 5.14 Å². The number of hydrogen-bond donors (Lipinski definition) is 1. The number of primary sulfonamides is 1. The molecular formula is C11H13Cl3N2O3S. The molecule has 1 aromatic rings. The number of nitrogens with two attached hydrogens (primary N) is 1. The smallest absolute Gasteiger partial charge is 0.256 e. The molecule has 0 spiro atoms. The third kappa shape index (κ3) is 3.38. The Hall–Kier alpha value is -0.530. The van der Waals surface area contributed by atoms with Gasteiger partial charge in [0.2, 0.25) is 10.0 Å². The van der Waals surface area contributed by atoms with Gasteiger partial charge >= 0.3 is 0 Å². The second-order valence-electron chi connectivity index (χ2n) is 3.88. The van der Waals surface area contributed by atoms with E-state index in [0.29, 0.717) is 13.1 Å². The number of rotatable bonds is 4. The van der Waals surface area contributed by atoms with Crippen molar-refractivity contribution in [1.29, 1.82) is 0 Å². The number of carbonyl (C=O) groups is 1. The molecule has 1 rings (SSSR count). The van der Waals surface area contributed by atoms with Gasteiger partial charge in [0.15, 0.2) is 0 Å². The molecule has 0 bridgehead atoms. The Balaban J connectivity index is 3.62. The fourth-order valence-electron chi connectivity index (χ4n) is 1.64. The van der Waals surface area contributed by atoms with Gasteiger partial charge in [-0.3, -0.25) is 4.79 Å². The van der Waals surface area contributed by atoms with Crippen LogP contribution in [0.15, 0.2) is 11.0 Å². The van der Waals surface area contributed by atoms with Gasteiger partial charge in [-0.05, 0) is 19.9 Å². The molecule has 0 heterocycles. The van der Waals surface area contributed by atoms with Crippen LogP contribution in [0.4, 0.5) is 0 Å². The SMILES string of the molecule is CCN(CC)C(=O)c1c(Cl)c(Cl)cc(S(N)(=O)=O)c1Cl. The highest BCUT2D eigenvalue weighted by atomic mass is 35.5. The molecule has 0 aliphatic rings. The van der Waals surface area contributed by atoms with E-state index in [9.17, 15) is 13.2 Å². The minimum Gasteiger partial charge on any atom is -0.339 e. The molecule has 112 valence electrons. The first-order valence-corrected chi connectivity index (χ1v) is 8.32. The van der Waals surface area contributed by atoms with Gasteiger partial charge in [0, 0.05) is 13.1 Å². The van der Waals surface area contributed by atoms with Crippen molar-refractivity contribution in [2.45, 2.75) is 18.7 Å². The first kappa shape index (κ1) is 17.5. The average Bonchev–Trinajstić information content (AvgIpc) is 2.34. The molecule has 20 heavy (non-hydrogen) atoms. The highest BCUT2D eigenvalue weighted by Crippen LogP contribution is 2.37. The topological polar surface area (TPSA) is 80.5 Å². The Morgan fingerprint density at radius 2 is 1.70 bits per heavy atom. The zero-order valence-electron chi connectivity index (χ0n) is 10.8. The third-order valence-electron chi connectivity index (χ3n) is 2.69. The Bertz CT molecular complexity index is 643. The van der Waals surface area contributed by atoms with Crippen molar-refractivity contribution < 1.29 is 13.2 Å². The normalized spacial score (nSPS) is 11.5. The van der Waals surface area contributed by atoms with Crippen LogP contribution in [0.25, 0.3) is 0 Å². The van der Waals surface area contributed by atoms with Crippen LogP contribution in [0.1, 0.15) is 24.2 Å². The Morgan fingerprint density at radius 3 is 2.10 bits per heavy atom. The largest absolute Gasteiger partial charge is 0.339 e. The van der Waals surface area contributed by atoms with Crippen LogP contribution in [-0.2, 0) is 10.0 Å². The molecule has 1 amide bonds. The zero-order chi connectivity index (χ0) is 15.7. The molecule has 2 N–H and O–H groups in total. The number of halogens is 3. The van der Waals surface area contributed by atoms with Gasteiger partial charge in [0.25, 0.3) is 5.91 Å². The van der Waals surface area contributed by atoms with Crippen molar-refractivity contribution in [2.75, 3.05) is 13.1 Å². The number of nitrogens with zero attached hydrogens (tertiary/aromatic N) is 1. The first-order valence-electron chi connectivity index (χ1n) is 5.64. The van der Waals surface area contributed by atoms with Crippen LogP contribution in [0, 0.1) is 0 Å². The van der Waals surface area contributed by atoms with Crippen LogP contribution in [-0.4, -0.2) is 32.3 Å². The lowest BCUT2D eigenvalue weighted by molar-refractivity contribution is 0.0773. The van der Waals surface area contributed by atoms with E-state index >= 15 is 0 Å². The van der Waals surface area contributed by atoms with E-state index < -0.39 is 20.8 Å². The fraction of sp³-hybridized carbons (Fsp3) is 0.364. The summed E-state index contributed by atoms with van der Waals surface area (Å²) in [4.78, 5) is 13.4. The summed E-state index contributed by atoms with van der Waals surface area (Å²) < 4.78 is 22.9. The quantitative estimate of drug-likeness (QED) is 0.839. The van der Waals surface area contributed by atoms with E-state index in [4.69, 9.17) is 39.9 Å². The minimum atomic E-state index is -4.11. The van der Waals surface area contributed by atoms with E-state index in [-0.39, 0.29) is 20.6 Å². The van der Waals surface area contributed by atoms with Crippen LogP contribution >= 0.6 is 34.8 Å². The van der Waals surface area contributed by atoms with Crippen LogP contribution in [0.3, 0.4) is 0 Å². The summed E-state index contributed by atoms with van der Waals surface area (Å²) in [5, 5.41) is 4.53. The third-order valence-corrected chi connectivity index (χ3v) is 4.92. The number of carbonyl (C=O) groups excluding carboxylic acids is 1. The van der Waals surface area contributed by atoms with E-state index in [1.165, 1.54) is 4.90 Å². The van der Waals surface area contributed by atoms with Crippen molar-refractivity contribution in [3.05, 3.63) is 26.7 Å². The monoisotopic (exact) mass is 358 g/mol. The standard InChI is InChI=1S/C11H13Cl3N2O3S/c1-3-16(4-2)11(17)8-9(13)6(12)5-7(10(8)14)20(15,18)19/h5H,3-4H2,1-2H3,(H2,15,18,19). The molecule has 1 aromatic carbocycles. The van der Waals surface area contributed by atoms with Crippen molar-refractivity contribution in [3.63, 3.8) is 0 Å². The Labute approximate surface area is 132 Å². The number of hydrogen-bond acceptors (Lipinski definition) is 3. The summed E-state index contributed by atoms with van der Waals surface area (Å²) in [7, 11) is -4.11. The van der Waals surface area contributed by atoms with Crippen molar-refractivity contribution >= 4 is 50.7 Å². The molecule has 9 heteroatoms. The van der Waals surface area contributed by atoms with Gasteiger partial charge in [-0.2, -0.15) is 0 Å². The van der Waals surface area contributed by atoms with Gasteiger partial charge in [-0.1, -0.05) is 34.8 Å². The van der Waals surface area contributed by atoms with Gasteiger partial charge in [-0.25, -0.2) is 13.6 Å². The minimum absolute atomic E-state index is 0.0963. The second kappa shape index (κ2) is 6.49. The van der Waals surface area contributed by atoms with Gasteiger partial charge in [0.1, 0.15) is 4.90 Å². The lowest BCUT2D eigenvalue weighted by atomic mass is 10.2. The molecule has 0 saturated heterocycles. The highest BCUT2D eigenvalue weighted by Gasteiger charge is 2.27. The molecular weight excluding hydrogens is 347 g/mol. The molecule has 0 unspecified atom stereocenters. The Morgan fingerprint density at radius 1 is 1.20 bits per heavy atom. The van der Waals surface area contributed by atoms with E-state index in [1.54, 1.807) is 13.8 Å². The molecule has 0 aliphatic heterocycles. The summed E-state index contributed by atoms with van der Waals surface area (Å²) in [5.41, 5.74) is -0.159. The molecule has 0 radical (unpaired) electrons. The first-order chi connectivity index (χ1) is 9.15. The van der Waals surface area contributed by atoms with Gasteiger partial charge < -0.3 is 4.90 Å². The summed E-state index contributed by atoms with van der Waals surface area (Å²) in [6.07, 6.45) is 0. The predicted molar refractivity (Wildman–Crippen MR) is 80.1 cm³/mol. The van der Waals surface area contributed by atoms with Crippen LogP contribution in [0.2, 0.25) is 15.1 Å². The average molecular weight is 360 g/mol. The zero-order valence-corrected chi connectivity index (χ0v) is 13.9. The second-order valence-corrected chi connectivity index (χ2v) is 6.57. The lowest BCUT2D eigenvalue weighted by Gasteiger charge is -2.21. The summed E-state index contributed by atoms with van der Waals surface area (Å²) in [6, 6.07) is 1.03. The molecule has 5 nitrogen and oxygen atoms in total. The predicted octanol–water partition coefficient (Wildman–Crippen LogP) is 2.78. The van der Waals surface area contributed by atoms with Gasteiger partial charge in [-0.15, -0.1) is 0 Å². The van der Waals surface area contributed by atoms with E-state index in [0.717, 1.165) is 6.07 Å². The molecule has 0 saturated carbocycles. The summed E-state index contributed by atoms with van der Waals surface area (Å²) in [6.45, 7) is 4.38. The summed E-state index contributed by atoms with van der Waals surface area (Å²) >= 11 is 17.8.